The topological polar surface area (TPSA) is 75.4 Å². The molecule has 2 aromatic rings. The lowest BCUT2D eigenvalue weighted by Gasteiger charge is -2.26. The Labute approximate surface area is 128 Å². The van der Waals surface area contributed by atoms with Gasteiger partial charge in [-0.15, -0.1) is 11.3 Å². The van der Waals surface area contributed by atoms with Gasteiger partial charge in [0.1, 0.15) is 0 Å². The Morgan fingerprint density at radius 2 is 2.10 bits per heavy atom. The standard InChI is InChI=1S/C16H20N2O2S/c17-12-3-4-13-11(7-12)8-14(21-13)15(20)18-9-16(10-19)5-1-2-6-16/h3-4,7-8,19H,1-2,5-6,9-10,17H2,(H,18,20). The lowest BCUT2D eigenvalue weighted by Crippen LogP contribution is -2.38. The molecule has 0 unspecified atom stereocenters. The fraction of sp³-hybridized carbons (Fsp3) is 0.438. The van der Waals surface area contributed by atoms with Crippen LogP contribution >= 0.6 is 11.3 Å². The van der Waals surface area contributed by atoms with Crippen molar-refractivity contribution in [1.29, 1.82) is 0 Å². The normalized spacial score (nSPS) is 17.2. The van der Waals surface area contributed by atoms with Gasteiger partial charge in [0.25, 0.3) is 5.91 Å². The van der Waals surface area contributed by atoms with Crippen LogP contribution in [0.3, 0.4) is 0 Å². The number of aliphatic hydroxyl groups excluding tert-OH is 1. The average molecular weight is 304 g/mol. The molecule has 21 heavy (non-hydrogen) atoms. The SMILES string of the molecule is Nc1ccc2sc(C(=O)NCC3(CO)CCCC3)cc2c1. The van der Waals surface area contributed by atoms with Gasteiger partial charge in [0.2, 0.25) is 0 Å². The smallest absolute Gasteiger partial charge is 0.261 e. The first-order valence-electron chi connectivity index (χ1n) is 7.30. The van der Waals surface area contributed by atoms with Crippen molar-refractivity contribution < 1.29 is 9.90 Å². The molecule has 112 valence electrons. The maximum atomic E-state index is 12.3. The van der Waals surface area contributed by atoms with Crippen LogP contribution in [0.25, 0.3) is 10.1 Å². The molecule has 1 aromatic carbocycles. The molecular formula is C16H20N2O2S. The molecule has 1 aliphatic rings. The van der Waals surface area contributed by atoms with E-state index >= 15 is 0 Å². The van der Waals surface area contributed by atoms with E-state index in [-0.39, 0.29) is 17.9 Å². The number of aliphatic hydroxyl groups is 1. The number of anilines is 1. The van der Waals surface area contributed by atoms with Crippen LogP contribution in [0.1, 0.15) is 35.4 Å². The van der Waals surface area contributed by atoms with E-state index in [0.29, 0.717) is 17.1 Å². The van der Waals surface area contributed by atoms with Crippen molar-refractivity contribution >= 4 is 33.0 Å². The number of nitrogen functional groups attached to an aromatic ring is 1. The highest BCUT2D eigenvalue weighted by molar-refractivity contribution is 7.20. The molecule has 1 heterocycles. The van der Waals surface area contributed by atoms with Crippen LogP contribution in [0.5, 0.6) is 0 Å². The van der Waals surface area contributed by atoms with Gasteiger partial charge in [0, 0.05) is 22.3 Å². The summed E-state index contributed by atoms with van der Waals surface area (Å²) in [6.45, 7) is 0.703. The highest BCUT2D eigenvalue weighted by atomic mass is 32.1. The van der Waals surface area contributed by atoms with Crippen LogP contribution in [0.2, 0.25) is 0 Å². The van der Waals surface area contributed by atoms with Gasteiger partial charge in [0.05, 0.1) is 11.5 Å². The summed E-state index contributed by atoms with van der Waals surface area (Å²) in [7, 11) is 0. The first-order valence-corrected chi connectivity index (χ1v) is 8.12. The van der Waals surface area contributed by atoms with Crippen molar-refractivity contribution in [3.63, 3.8) is 0 Å². The molecule has 0 spiro atoms. The number of nitrogens with two attached hydrogens (primary N) is 1. The zero-order valence-corrected chi connectivity index (χ0v) is 12.7. The summed E-state index contributed by atoms with van der Waals surface area (Å²) >= 11 is 1.47. The molecule has 0 atom stereocenters. The Morgan fingerprint density at radius 1 is 1.33 bits per heavy atom. The number of thiophene rings is 1. The maximum Gasteiger partial charge on any atom is 0.261 e. The number of carbonyl (C=O) groups is 1. The summed E-state index contributed by atoms with van der Waals surface area (Å²) in [6.07, 6.45) is 4.26. The Bertz CT molecular complexity index is 659. The molecular weight excluding hydrogens is 284 g/mol. The summed E-state index contributed by atoms with van der Waals surface area (Å²) < 4.78 is 1.06. The van der Waals surface area contributed by atoms with E-state index in [0.717, 1.165) is 35.8 Å². The van der Waals surface area contributed by atoms with Gasteiger partial charge in [-0.1, -0.05) is 12.8 Å². The number of nitrogens with one attached hydrogen (secondary N) is 1. The van der Waals surface area contributed by atoms with E-state index in [1.807, 2.05) is 24.3 Å². The molecule has 4 nitrogen and oxygen atoms in total. The van der Waals surface area contributed by atoms with Crippen LogP contribution < -0.4 is 11.1 Å². The van der Waals surface area contributed by atoms with Gasteiger partial charge in [-0.2, -0.15) is 0 Å². The second kappa shape index (κ2) is 5.66. The molecule has 1 amide bonds. The first-order chi connectivity index (χ1) is 10.1. The van der Waals surface area contributed by atoms with Gasteiger partial charge in [-0.3, -0.25) is 4.79 Å². The largest absolute Gasteiger partial charge is 0.399 e. The highest BCUT2D eigenvalue weighted by Gasteiger charge is 2.33. The summed E-state index contributed by atoms with van der Waals surface area (Å²) in [5.74, 6) is -0.0607. The fourth-order valence-electron chi connectivity index (χ4n) is 3.04. The second-order valence-corrected chi connectivity index (χ2v) is 7.04. The summed E-state index contributed by atoms with van der Waals surface area (Å²) in [4.78, 5) is 13.0. The molecule has 0 radical (unpaired) electrons. The monoisotopic (exact) mass is 304 g/mol. The van der Waals surface area contributed by atoms with E-state index in [9.17, 15) is 9.90 Å². The van der Waals surface area contributed by atoms with Gasteiger partial charge in [-0.05, 0) is 42.5 Å². The zero-order chi connectivity index (χ0) is 14.9. The Balaban J connectivity index is 1.72. The third-order valence-corrected chi connectivity index (χ3v) is 5.50. The van der Waals surface area contributed by atoms with E-state index in [1.165, 1.54) is 11.3 Å². The highest BCUT2D eigenvalue weighted by Crippen LogP contribution is 2.37. The minimum Gasteiger partial charge on any atom is -0.399 e. The van der Waals surface area contributed by atoms with Crippen molar-refractivity contribution in [3.05, 3.63) is 29.1 Å². The summed E-state index contributed by atoms with van der Waals surface area (Å²) in [5, 5.41) is 13.6. The molecule has 5 heteroatoms. The molecule has 1 aliphatic carbocycles. The van der Waals surface area contributed by atoms with Gasteiger partial charge in [-0.25, -0.2) is 0 Å². The lowest BCUT2D eigenvalue weighted by molar-refractivity contribution is 0.0884. The van der Waals surface area contributed by atoms with E-state index in [1.54, 1.807) is 0 Å². The van der Waals surface area contributed by atoms with Crippen LogP contribution in [-0.4, -0.2) is 24.2 Å². The van der Waals surface area contributed by atoms with Gasteiger partial charge < -0.3 is 16.2 Å². The van der Waals surface area contributed by atoms with Crippen molar-refractivity contribution in [2.75, 3.05) is 18.9 Å². The summed E-state index contributed by atoms with van der Waals surface area (Å²) in [5.41, 5.74) is 6.35. The zero-order valence-electron chi connectivity index (χ0n) is 11.9. The number of amides is 1. The molecule has 1 aromatic heterocycles. The number of benzene rings is 1. The van der Waals surface area contributed by atoms with Crippen LogP contribution in [-0.2, 0) is 0 Å². The Hall–Kier alpha value is -1.59. The third-order valence-electron chi connectivity index (χ3n) is 4.39. The van der Waals surface area contributed by atoms with Crippen molar-refractivity contribution in [2.45, 2.75) is 25.7 Å². The number of fused-ring (bicyclic) bond motifs is 1. The molecule has 0 saturated heterocycles. The van der Waals surface area contributed by atoms with Gasteiger partial charge in [0.15, 0.2) is 0 Å². The quantitative estimate of drug-likeness (QED) is 0.760. The minimum absolute atomic E-state index is 0.0607. The Morgan fingerprint density at radius 3 is 2.81 bits per heavy atom. The predicted octanol–water partition coefficient (Wildman–Crippen LogP) is 2.77. The van der Waals surface area contributed by atoms with E-state index < -0.39 is 0 Å². The van der Waals surface area contributed by atoms with Gasteiger partial charge >= 0.3 is 0 Å². The predicted molar refractivity (Wildman–Crippen MR) is 86.6 cm³/mol. The molecule has 1 saturated carbocycles. The molecule has 0 aliphatic heterocycles. The lowest BCUT2D eigenvalue weighted by atomic mass is 9.87. The minimum atomic E-state index is -0.114. The fourth-order valence-corrected chi connectivity index (χ4v) is 4.00. The van der Waals surface area contributed by atoms with Crippen LogP contribution in [0.15, 0.2) is 24.3 Å². The molecule has 4 N–H and O–H groups in total. The molecule has 3 rings (SSSR count). The van der Waals surface area contributed by atoms with Crippen LogP contribution in [0, 0.1) is 5.41 Å². The molecule has 0 bridgehead atoms. The second-order valence-electron chi connectivity index (χ2n) is 5.96. The number of hydrogen-bond acceptors (Lipinski definition) is 4. The number of carbonyl (C=O) groups excluding carboxylic acids is 1. The Kier molecular flexibility index (Phi) is 3.87. The maximum absolute atomic E-state index is 12.3. The van der Waals surface area contributed by atoms with Crippen molar-refractivity contribution in [2.24, 2.45) is 5.41 Å². The number of rotatable bonds is 4. The first kappa shape index (κ1) is 14.4. The average Bonchev–Trinajstić information content (AvgIpc) is 3.11. The molecule has 1 fully saturated rings. The van der Waals surface area contributed by atoms with Crippen molar-refractivity contribution in [3.8, 4) is 0 Å². The van der Waals surface area contributed by atoms with E-state index in [2.05, 4.69) is 5.32 Å². The van der Waals surface area contributed by atoms with E-state index in [4.69, 9.17) is 5.73 Å². The van der Waals surface area contributed by atoms with Crippen molar-refractivity contribution in [1.82, 2.24) is 5.32 Å². The number of hydrogen-bond donors (Lipinski definition) is 3. The summed E-state index contributed by atoms with van der Waals surface area (Å²) in [6, 6.07) is 7.55. The third kappa shape index (κ3) is 2.89. The van der Waals surface area contributed by atoms with Crippen LogP contribution in [0.4, 0.5) is 5.69 Å².